The largest absolute Gasteiger partial charge is 0.439 e. The van der Waals surface area contributed by atoms with E-state index in [0.29, 0.717) is 5.13 Å². The van der Waals surface area contributed by atoms with Crippen LogP contribution in [0.4, 0.5) is 5.13 Å². The Bertz CT molecular complexity index is 1050. The Kier molecular flexibility index (Phi) is 6.35. The fourth-order valence-corrected chi connectivity index (χ4v) is 5.09. The number of hydrogen-bond acceptors (Lipinski definition) is 8. The summed E-state index contributed by atoms with van der Waals surface area (Å²) in [6.45, 7) is 2.06. The molecule has 0 atom stereocenters. The minimum Gasteiger partial charge on any atom is -0.439 e. The van der Waals surface area contributed by atoms with Crippen molar-refractivity contribution < 1.29 is 17.6 Å². The van der Waals surface area contributed by atoms with Crippen LogP contribution in [0.1, 0.15) is 23.9 Å². The lowest BCUT2D eigenvalue weighted by atomic mass is 10.4. The third-order valence-electron chi connectivity index (χ3n) is 3.25. The van der Waals surface area contributed by atoms with Crippen molar-refractivity contribution in [2.24, 2.45) is 0 Å². The van der Waals surface area contributed by atoms with Gasteiger partial charge < -0.3 is 4.42 Å². The third kappa shape index (κ3) is 4.78. The zero-order chi connectivity index (χ0) is 19.4. The molecule has 0 aliphatic rings. The van der Waals surface area contributed by atoms with Gasteiger partial charge in [-0.05, 0) is 42.8 Å². The highest BCUT2D eigenvalue weighted by Crippen LogP contribution is 2.27. The molecule has 0 bridgehead atoms. The Labute approximate surface area is 172 Å². The summed E-state index contributed by atoms with van der Waals surface area (Å²) < 4.78 is 32.0. The third-order valence-corrected chi connectivity index (χ3v) is 7.60. The van der Waals surface area contributed by atoms with E-state index in [1.165, 1.54) is 35.6 Å². The molecule has 0 fully saturated rings. The fourth-order valence-electron chi connectivity index (χ4n) is 1.98. The second kappa shape index (κ2) is 8.55. The van der Waals surface area contributed by atoms with E-state index >= 15 is 0 Å². The molecule has 1 amide bonds. The molecule has 0 aliphatic heterocycles. The molecule has 142 valence electrons. The summed E-state index contributed by atoms with van der Waals surface area (Å²) in [5.41, 5.74) is 0. The van der Waals surface area contributed by atoms with Crippen LogP contribution in [0.15, 0.2) is 59.6 Å². The number of nitrogens with one attached hydrogen (secondary N) is 1. The maximum atomic E-state index is 12.6. The zero-order valence-electron chi connectivity index (χ0n) is 14.0. The van der Waals surface area contributed by atoms with Gasteiger partial charge in [-0.25, -0.2) is 8.42 Å². The summed E-state index contributed by atoms with van der Waals surface area (Å²) in [6, 6.07) is 8.72. The summed E-state index contributed by atoms with van der Waals surface area (Å²) in [5, 5.41) is 10.5. The summed E-state index contributed by atoms with van der Waals surface area (Å²) in [6.07, 6.45) is 1.01. The zero-order valence-corrected chi connectivity index (χ0v) is 18.0. The first-order valence-corrected chi connectivity index (χ1v) is 11.9. The van der Waals surface area contributed by atoms with Gasteiger partial charge in [-0.15, -0.1) is 10.2 Å². The second-order valence-electron chi connectivity index (χ2n) is 5.25. The van der Waals surface area contributed by atoms with Gasteiger partial charge in [0.25, 0.3) is 5.91 Å². The van der Waals surface area contributed by atoms with Crippen LogP contribution in [0.25, 0.3) is 0 Å². The van der Waals surface area contributed by atoms with Gasteiger partial charge in [0, 0.05) is 10.2 Å². The minimum absolute atomic E-state index is 0.0775. The van der Waals surface area contributed by atoms with E-state index < -0.39 is 15.7 Å². The standard InChI is InChI=1S/C16H14BrN3O4S3/c1-2-9-25-16-20-19-15(26-16)18-14(21)12-7-8-13(24-12)27(22,23)11-5-3-10(17)4-6-11/h3-8H,2,9H2,1H3,(H,18,19,21). The first-order chi connectivity index (χ1) is 12.9. The Hall–Kier alpha value is -1.69. The van der Waals surface area contributed by atoms with Gasteiger partial charge in [0.1, 0.15) is 0 Å². The second-order valence-corrected chi connectivity index (χ2v) is 10.4. The summed E-state index contributed by atoms with van der Waals surface area (Å²) in [7, 11) is -3.84. The number of carbonyl (C=O) groups is 1. The van der Waals surface area contributed by atoms with Crippen LogP contribution in [0.5, 0.6) is 0 Å². The topological polar surface area (TPSA) is 102 Å². The highest BCUT2D eigenvalue weighted by atomic mass is 79.9. The lowest BCUT2D eigenvalue weighted by molar-refractivity contribution is 0.0991. The number of rotatable bonds is 7. The van der Waals surface area contributed by atoms with E-state index in [-0.39, 0.29) is 15.7 Å². The maximum absolute atomic E-state index is 12.6. The molecule has 0 spiro atoms. The van der Waals surface area contributed by atoms with Gasteiger partial charge in [-0.2, -0.15) is 0 Å². The molecular formula is C16H14BrN3O4S3. The lowest BCUT2D eigenvalue weighted by Gasteiger charge is -2.01. The number of thioether (sulfide) groups is 1. The van der Waals surface area contributed by atoms with E-state index in [0.717, 1.165) is 21.0 Å². The maximum Gasteiger partial charge on any atom is 0.293 e. The molecule has 0 saturated heterocycles. The molecule has 0 saturated carbocycles. The Morgan fingerprint density at radius 2 is 1.96 bits per heavy atom. The van der Waals surface area contributed by atoms with Crippen LogP contribution < -0.4 is 5.32 Å². The summed E-state index contributed by atoms with van der Waals surface area (Å²) in [5.74, 6) is 0.206. The fraction of sp³-hybridized carbons (Fsp3) is 0.188. The smallest absolute Gasteiger partial charge is 0.293 e. The van der Waals surface area contributed by atoms with Crippen molar-refractivity contribution in [3.8, 4) is 0 Å². The minimum atomic E-state index is -3.84. The van der Waals surface area contributed by atoms with Crippen LogP contribution in [0, 0.1) is 0 Å². The molecule has 3 rings (SSSR count). The van der Waals surface area contributed by atoms with Crippen LogP contribution in [0.3, 0.4) is 0 Å². The normalized spacial score (nSPS) is 11.5. The van der Waals surface area contributed by atoms with Crippen LogP contribution in [-0.2, 0) is 9.84 Å². The van der Waals surface area contributed by atoms with Crippen molar-refractivity contribution in [1.29, 1.82) is 0 Å². The Morgan fingerprint density at radius 3 is 2.67 bits per heavy atom. The first kappa shape index (κ1) is 20.1. The number of halogens is 1. The van der Waals surface area contributed by atoms with E-state index in [1.807, 2.05) is 0 Å². The quantitative estimate of drug-likeness (QED) is 0.386. The molecule has 0 aliphatic carbocycles. The van der Waals surface area contributed by atoms with Gasteiger partial charge in [0.05, 0.1) is 4.90 Å². The molecule has 7 nitrogen and oxygen atoms in total. The molecule has 3 aromatic rings. The highest BCUT2D eigenvalue weighted by molar-refractivity contribution is 9.10. The highest BCUT2D eigenvalue weighted by Gasteiger charge is 2.24. The van der Waals surface area contributed by atoms with Gasteiger partial charge in [-0.1, -0.05) is 46.0 Å². The van der Waals surface area contributed by atoms with E-state index in [4.69, 9.17) is 4.42 Å². The van der Waals surface area contributed by atoms with E-state index in [2.05, 4.69) is 38.4 Å². The van der Waals surface area contributed by atoms with Gasteiger partial charge >= 0.3 is 0 Å². The molecule has 1 aromatic carbocycles. The van der Waals surface area contributed by atoms with Gasteiger partial charge in [0.2, 0.25) is 20.1 Å². The number of hydrogen-bond donors (Lipinski definition) is 1. The van der Waals surface area contributed by atoms with Crippen molar-refractivity contribution in [2.75, 3.05) is 11.1 Å². The van der Waals surface area contributed by atoms with Crippen molar-refractivity contribution >= 4 is 59.9 Å². The molecule has 2 aromatic heterocycles. The monoisotopic (exact) mass is 487 g/mol. The number of benzene rings is 1. The molecule has 0 radical (unpaired) electrons. The number of furan rings is 1. The molecule has 11 heteroatoms. The summed E-state index contributed by atoms with van der Waals surface area (Å²) >= 11 is 6.06. The van der Waals surface area contributed by atoms with Crippen molar-refractivity contribution in [3.63, 3.8) is 0 Å². The number of carbonyl (C=O) groups excluding carboxylic acids is 1. The average molecular weight is 488 g/mol. The summed E-state index contributed by atoms with van der Waals surface area (Å²) in [4.78, 5) is 12.4. The van der Waals surface area contributed by atoms with Crippen molar-refractivity contribution in [3.05, 3.63) is 46.6 Å². The number of aromatic nitrogens is 2. The van der Waals surface area contributed by atoms with Crippen molar-refractivity contribution in [2.45, 2.75) is 27.7 Å². The van der Waals surface area contributed by atoms with Crippen LogP contribution in [-0.4, -0.2) is 30.3 Å². The number of sulfone groups is 1. The molecule has 1 N–H and O–H groups in total. The van der Waals surface area contributed by atoms with E-state index in [9.17, 15) is 13.2 Å². The van der Waals surface area contributed by atoms with E-state index in [1.54, 1.807) is 23.9 Å². The lowest BCUT2D eigenvalue weighted by Crippen LogP contribution is -2.10. The molecule has 27 heavy (non-hydrogen) atoms. The van der Waals surface area contributed by atoms with Crippen molar-refractivity contribution in [1.82, 2.24) is 10.2 Å². The SMILES string of the molecule is CCCSc1nnc(NC(=O)c2ccc(S(=O)(=O)c3ccc(Br)cc3)o2)s1. The molecular weight excluding hydrogens is 474 g/mol. The van der Waals surface area contributed by atoms with Gasteiger partial charge in [-0.3, -0.25) is 10.1 Å². The Morgan fingerprint density at radius 1 is 1.22 bits per heavy atom. The Balaban J connectivity index is 1.74. The predicted molar refractivity (Wildman–Crippen MR) is 107 cm³/mol. The number of anilines is 1. The number of nitrogens with zero attached hydrogens (tertiary/aromatic N) is 2. The average Bonchev–Trinajstić information content (AvgIpc) is 3.30. The first-order valence-electron chi connectivity index (χ1n) is 7.78. The predicted octanol–water partition coefficient (Wildman–Crippen LogP) is 4.48. The van der Waals surface area contributed by atoms with Crippen LogP contribution in [0.2, 0.25) is 0 Å². The van der Waals surface area contributed by atoms with Gasteiger partial charge in [0.15, 0.2) is 10.1 Å². The molecule has 0 unspecified atom stereocenters. The number of amides is 1. The molecule has 2 heterocycles. The van der Waals surface area contributed by atoms with Crippen LogP contribution >= 0.6 is 39.0 Å².